The molecule has 3 aromatic rings. The standard InChI is InChI=1S/C32H37N3O4/c1-6-21-35(28(25-18-11-8-12-19-25)29(36)33-26-20-14-13-15-23(26)2)30(37)27(22-24-16-9-7-10-17-24)34-31(38)39-32(3,4)5/h6-20,27-28H,1,21-22H2,2-5H3,(H,33,36)(H,34,38). The maximum atomic E-state index is 14.2. The molecule has 3 amide bonds. The molecule has 2 atom stereocenters. The highest BCUT2D eigenvalue weighted by molar-refractivity contribution is 5.99. The van der Waals surface area contributed by atoms with Crippen LogP contribution >= 0.6 is 0 Å². The molecular formula is C32H37N3O4. The van der Waals surface area contributed by atoms with Crippen LogP contribution in [0.25, 0.3) is 0 Å². The second-order valence-corrected chi connectivity index (χ2v) is 10.3. The molecule has 2 N–H and O–H groups in total. The minimum atomic E-state index is -0.986. The van der Waals surface area contributed by atoms with Gasteiger partial charge < -0.3 is 20.3 Å². The first kappa shape index (κ1) is 29.2. The van der Waals surface area contributed by atoms with E-state index in [-0.39, 0.29) is 18.9 Å². The van der Waals surface area contributed by atoms with E-state index in [2.05, 4.69) is 17.2 Å². The number of nitrogens with zero attached hydrogens (tertiary/aromatic N) is 1. The summed E-state index contributed by atoms with van der Waals surface area (Å²) < 4.78 is 5.46. The fourth-order valence-electron chi connectivity index (χ4n) is 4.18. The minimum Gasteiger partial charge on any atom is -0.444 e. The van der Waals surface area contributed by atoms with Crippen LogP contribution in [0.15, 0.2) is 97.6 Å². The van der Waals surface area contributed by atoms with E-state index in [1.165, 1.54) is 4.90 Å². The molecule has 2 unspecified atom stereocenters. The van der Waals surface area contributed by atoms with Crippen molar-refractivity contribution in [2.45, 2.75) is 51.8 Å². The summed E-state index contributed by atoms with van der Waals surface area (Å²) in [6, 6.07) is 24.0. The van der Waals surface area contributed by atoms with Gasteiger partial charge in [-0.2, -0.15) is 0 Å². The van der Waals surface area contributed by atoms with Gasteiger partial charge in [0.25, 0.3) is 5.91 Å². The lowest BCUT2D eigenvalue weighted by Crippen LogP contribution is -2.53. The molecule has 0 fully saturated rings. The number of amides is 3. The van der Waals surface area contributed by atoms with Gasteiger partial charge in [0.05, 0.1) is 0 Å². The highest BCUT2D eigenvalue weighted by atomic mass is 16.6. The van der Waals surface area contributed by atoms with Crippen molar-refractivity contribution in [2.24, 2.45) is 0 Å². The van der Waals surface area contributed by atoms with E-state index in [0.717, 1.165) is 11.1 Å². The molecule has 0 radical (unpaired) electrons. The molecule has 0 aliphatic heterocycles. The zero-order chi connectivity index (χ0) is 28.4. The molecule has 0 saturated carbocycles. The van der Waals surface area contributed by atoms with Crippen LogP contribution in [0.5, 0.6) is 0 Å². The number of hydrogen-bond donors (Lipinski definition) is 2. The lowest BCUT2D eigenvalue weighted by atomic mass is 10.00. The number of rotatable bonds is 10. The van der Waals surface area contributed by atoms with E-state index in [1.54, 1.807) is 39.0 Å². The van der Waals surface area contributed by atoms with E-state index >= 15 is 0 Å². The number of ether oxygens (including phenoxy) is 1. The summed E-state index contributed by atoms with van der Waals surface area (Å²) in [6.45, 7) is 11.1. The molecule has 0 saturated heterocycles. The molecular weight excluding hydrogens is 490 g/mol. The molecule has 7 nitrogen and oxygen atoms in total. The number of alkyl carbamates (subject to hydrolysis) is 1. The van der Waals surface area contributed by atoms with Gasteiger partial charge in [-0.25, -0.2) is 4.79 Å². The zero-order valence-electron chi connectivity index (χ0n) is 23.0. The van der Waals surface area contributed by atoms with Crippen LogP contribution < -0.4 is 10.6 Å². The SMILES string of the molecule is C=CCN(C(=O)C(Cc1ccccc1)NC(=O)OC(C)(C)C)C(C(=O)Nc1ccccc1C)c1ccccc1. The minimum absolute atomic E-state index is 0.0842. The normalized spacial score (nSPS) is 12.5. The highest BCUT2D eigenvalue weighted by Gasteiger charge is 2.36. The van der Waals surface area contributed by atoms with Crippen molar-refractivity contribution >= 4 is 23.6 Å². The molecule has 3 rings (SSSR count). The van der Waals surface area contributed by atoms with Crippen molar-refractivity contribution in [1.29, 1.82) is 0 Å². The van der Waals surface area contributed by atoms with Gasteiger partial charge >= 0.3 is 6.09 Å². The Balaban J connectivity index is 2.01. The van der Waals surface area contributed by atoms with E-state index in [1.807, 2.05) is 79.7 Å². The Labute approximate surface area is 230 Å². The van der Waals surface area contributed by atoms with E-state index in [4.69, 9.17) is 4.74 Å². The van der Waals surface area contributed by atoms with Gasteiger partial charge in [-0.3, -0.25) is 9.59 Å². The van der Waals surface area contributed by atoms with Gasteiger partial charge in [0.1, 0.15) is 17.7 Å². The second-order valence-electron chi connectivity index (χ2n) is 10.3. The third-order valence-corrected chi connectivity index (χ3v) is 5.96. The zero-order valence-corrected chi connectivity index (χ0v) is 23.0. The van der Waals surface area contributed by atoms with Gasteiger partial charge in [0.15, 0.2) is 0 Å². The van der Waals surface area contributed by atoms with Crippen LogP contribution in [-0.4, -0.2) is 41.0 Å². The summed E-state index contributed by atoms with van der Waals surface area (Å²) in [5.74, 6) is -0.806. The smallest absolute Gasteiger partial charge is 0.408 e. The maximum Gasteiger partial charge on any atom is 0.408 e. The predicted molar refractivity (Wildman–Crippen MR) is 154 cm³/mol. The molecule has 0 bridgehead atoms. The number of nitrogens with one attached hydrogen (secondary N) is 2. The quantitative estimate of drug-likeness (QED) is 0.325. The van der Waals surface area contributed by atoms with Crippen LogP contribution in [0.3, 0.4) is 0 Å². The average molecular weight is 528 g/mol. The summed E-state index contributed by atoms with van der Waals surface area (Å²) in [5.41, 5.74) is 2.29. The number of benzene rings is 3. The second kappa shape index (κ2) is 13.4. The molecule has 0 aromatic heterocycles. The average Bonchev–Trinajstić information content (AvgIpc) is 2.89. The molecule has 3 aromatic carbocycles. The Morgan fingerprint density at radius 2 is 1.51 bits per heavy atom. The Morgan fingerprint density at radius 3 is 2.10 bits per heavy atom. The Kier molecular flexibility index (Phi) is 10.0. The van der Waals surface area contributed by atoms with Crippen LogP contribution in [0.4, 0.5) is 10.5 Å². The number of anilines is 1. The van der Waals surface area contributed by atoms with Crippen LogP contribution in [0.2, 0.25) is 0 Å². The van der Waals surface area contributed by atoms with Crippen molar-refractivity contribution in [3.05, 3.63) is 114 Å². The van der Waals surface area contributed by atoms with Gasteiger partial charge in [0.2, 0.25) is 5.91 Å². The fraction of sp³-hybridized carbons (Fsp3) is 0.281. The first-order valence-corrected chi connectivity index (χ1v) is 13.0. The monoisotopic (exact) mass is 527 g/mol. The van der Waals surface area contributed by atoms with Crippen LogP contribution in [0, 0.1) is 6.92 Å². The third kappa shape index (κ3) is 8.57. The highest BCUT2D eigenvalue weighted by Crippen LogP contribution is 2.26. The molecule has 204 valence electrons. The van der Waals surface area contributed by atoms with Crippen LogP contribution in [-0.2, 0) is 20.7 Å². The topological polar surface area (TPSA) is 87.7 Å². The largest absolute Gasteiger partial charge is 0.444 e. The summed E-state index contributed by atoms with van der Waals surface area (Å²) in [6.07, 6.45) is 1.08. The van der Waals surface area contributed by atoms with Crippen molar-refractivity contribution in [3.63, 3.8) is 0 Å². The van der Waals surface area contributed by atoms with Gasteiger partial charge in [0, 0.05) is 18.7 Å². The van der Waals surface area contributed by atoms with Crippen molar-refractivity contribution in [1.82, 2.24) is 10.2 Å². The summed E-state index contributed by atoms with van der Waals surface area (Å²) in [7, 11) is 0. The molecule has 0 aliphatic rings. The molecule has 0 spiro atoms. The van der Waals surface area contributed by atoms with E-state index in [0.29, 0.717) is 11.3 Å². The first-order valence-electron chi connectivity index (χ1n) is 13.0. The Bertz CT molecular complexity index is 1270. The van der Waals surface area contributed by atoms with Gasteiger partial charge in [-0.1, -0.05) is 84.9 Å². The van der Waals surface area contributed by atoms with E-state index in [9.17, 15) is 14.4 Å². The predicted octanol–water partition coefficient (Wildman–Crippen LogP) is 5.83. The molecule has 0 heterocycles. The molecule has 7 heteroatoms. The molecule has 0 aliphatic carbocycles. The fourth-order valence-corrected chi connectivity index (χ4v) is 4.18. The van der Waals surface area contributed by atoms with Crippen molar-refractivity contribution in [3.8, 4) is 0 Å². The number of carbonyl (C=O) groups is 3. The number of hydrogen-bond acceptors (Lipinski definition) is 4. The van der Waals surface area contributed by atoms with Crippen molar-refractivity contribution < 1.29 is 19.1 Å². The van der Waals surface area contributed by atoms with E-state index < -0.39 is 29.7 Å². The lowest BCUT2D eigenvalue weighted by Gasteiger charge is -2.34. The lowest BCUT2D eigenvalue weighted by molar-refractivity contribution is -0.140. The number of carbonyl (C=O) groups excluding carboxylic acids is 3. The summed E-state index contributed by atoms with van der Waals surface area (Å²) in [4.78, 5) is 42.3. The van der Waals surface area contributed by atoms with Crippen LogP contribution in [0.1, 0.15) is 43.5 Å². The number of para-hydroxylation sites is 1. The summed E-state index contributed by atoms with van der Waals surface area (Å²) >= 11 is 0. The van der Waals surface area contributed by atoms with Gasteiger partial charge in [-0.05, 0) is 50.5 Å². The summed E-state index contributed by atoms with van der Waals surface area (Å²) in [5, 5.41) is 5.73. The number of aryl methyl sites for hydroxylation is 1. The maximum absolute atomic E-state index is 14.2. The molecule has 39 heavy (non-hydrogen) atoms. The van der Waals surface area contributed by atoms with Gasteiger partial charge in [-0.15, -0.1) is 6.58 Å². The third-order valence-electron chi connectivity index (χ3n) is 5.96. The Hall–Kier alpha value is -4.39. The first-order chi connectivity index (χ1) is 18.6. The Morgan fingerprint density at radius 1 is 0.923 bits per heavy atom. The van der Waals surface area contributed by atoms with Crippen molar-refractivity contribution in [2.75, 3.05) is 11.9 Å².